The first kappa shape index (κ1) is 18.3. The molecule has 0 spiro atoms. The number of aliphatic hydroxyl groups is 1. The van der Waals surface area contributed by atoms with E-state index in [0.717, 1.165) is 25.7 Å². The minimum Gasteiger partial charge on any atom is -0.368 e. The molecule has 120 valence electrons. The van der Waals surface area contributed by atoms with Crippen molar-refractivity contribution in [1.82, 2.24) is 0 Å². The lowest BCUT2D eigenvalue weighted by Crippen LogP contribution is -2.42. The third kappa shape index (κ3) is 4.12. The van der Waals surface area contributed by atoms with Gasteiger partial charge in [-0.1, -0.05) is 25.7 Å². The zero-order valence-electron chi connectivity index (χ0n) is 11.2. The van der Waals surface area contributed by atoms with E-state index in [9.17, 15) is 14.2 Å². The van der Waals surface area contributed by atoms with Crippen LogP contribution in [0.3, 0.4) is 0 Å². The van der Waals surface area contributed by atoms with E-state index in [2.05, 4.69) is 0 Å². The molecule has 0 aromatic carbocycles. The summed E-state index contributed by atoms with van der Waals surface area (Å²) in [5.74, 6) is 0. The lowest BCUT2D eigenvalue weighted by Gasteiger charge is -2.34. The predicted octanol–water partition coefficient (Wildman–Crippen LogP) is 0.820. The standard InChI is InChI=1S/C10H23NO7P2/c11-9(5-3-1-2-4-6-9)7-8-10(12,19(13,14)15)20(16,17)18/h12H,1-8,11H2,(H2,13,14,15)(H2,16,17,18). The van der Waals surface area contributed by atoms with Gasteiger partial charge in [0.2, 0.25) is 0 Å². The monoisotopic (exact) mass is 331 g/mol. The lowest BCUT2D eigenvalue weighted by molar-refractivity contribution is 0.112. The van der Waals surface area contributed by atoms with Gasteiger partial charge in [-0.15, -0.1) is 0 Å². The maximum Gasteiger partial charge on any atom is 0.369 e. The highest BCUT2D eigenvalue weighted by molar-refractivity contribution is 7.72. The highest BCUT2D eigenvalue weighted by Crippen LogP contribution is 2.69. The van der Waals surface area contributed by atoms with Crippen LogP contribution in [0.2, 0.25) is 0 Å². The third-order valence-electron chi connectivity index (χ3n) is 3.99. The van der Waals surface area contributed by atoms with Crippen LogP contribution < -0.4 is 5.73 Å². The molecule has 1 saturated carbocycles. The molecule has 20 heavy (non-hydrogen) atoms. The van der Waals surface area contributed by atoms with Crippen molar-refractivity contribution in [2.75, 3.05) is 0 Å². The Morgan fingerprint density at radius 1 is 0.950 bits per heavy atom. The third-order valence-corrected chi connectivity index (χ3v) is 7.87. The van der Waals surface area contributed by atoms with Crippen LogP contribution in [0.4, 0.5) is 0 Å². The molecule has 1 aliphatic carbocycles. The Bertz CT molecular complexity index is 399. The van der Waals surface area contributed by atoms with E-state index in [4.69, 9.17) is 25.3 Å². The highest BCUT2D eigenvalue weighted by atomic mass is 31.2. The van der Waals surface area contributed by atoms with Gasteiger partial charge in [0.05, 0.1) is 0 Å². The molecule has 8 nitrogen and oxygen atoms in total. The molecular weight excluding hydrogens is 308 g/mol. The second kappa shape index (κ2) is 6.15. The van der Waals surface area contributed by atoms with E-state index in [1.807, 2.05) is 0 Å². The summed E-state index contributed by atoms with van der Waals surface area (Å²) >= 11 is 0. The first-order valence-electron chi connectivity index (χ1n) is 6.54. The second-order valence-corrected chi connectivity index (χ2v) is 9.65. The molecule has 0 heterocycles. The van der Waals surface area contributed by atoms with E-state index in [1.165, 1.54) is 0 Å². The van der Waals surface area contributed by atoms with Crippen LogP contribution in [-0.4, -0.2) is 35.3 Å². The van der Waals surface area contributed by atoms with Gasteiger partial charge in [0, 0.05) is 12.0 Å². The van der Waals surface area contributed by atoms with Crippen LogP contribution in [0.25, 0.3) is 0 Å². The SMILES string of the molecule is NC1(CCC(O)(P(=O)(O)O)P(=O)(O)O)CCCCCC1. The van der Waals surface area contributed by atoms with Crippen molar-refractivity contribution in [3.63, 3.8) is 0 Å². The van der Waals surface area contributed by atoms with Gasteiger partial charge in [-0.25, -0.2) is 0 Å². The van der Waals surface area contributed by atoms with Gasteiger partial charge in [-0.2, -0.15) is 0 Å². The van der Waals surface area contributed by atoms with Crippen molar-refractivity contribution in [2.45, 2.75) is 62.0 Å². The van der Waals surface area contributed by atoms with Crippen molar-refractivity contribution >= 4 is 15.2 Å². The minimum atomic E-state index is -5.38. The smallest absolute Gasteiger partial charge is 0.368 e. The number of rotatable bonds is 5. The van der Waals surface area contributed by atoms with Crippen LogP contribution in [0.15, 0.2) is 0 Å². The zero-order valence-corrected chi connectivity index (χ0v) is 13.0. The zero-order chi connectivity index (χ0) is 15.7. The molecule has 7 N–H and O–H groups in total. The van der Waals surface area contributed by atoms with Crippen molar-refractivity contribution in [2.24, 2.45) is 5.73 Å². The molecular formula is C10H23NO7P2. The summed E-state index contributed by atoms with van der Waals surface area (Å²) in [6, 6.07) is 0. The highest BCUT2D eigenvalue weighted by Gasteiger charge is 2.59. The van der Waals surface area contributed by atoms with Crippen molar-refractivity contribution in [3.05, 3.63) is 0 Å². The molecule has 0 atom stereocenters. The summed E-state index contributed by atoms with van der Waals surface area (Å²) in [5, 5.41) is 6.47. The molecule has 1 rings (SSSR count). The molecule has 0 bridgehead atoms. The molecule has 1 fully saturated rings. The fraction of sp³-hybridized carbons (Fsp3) is 1.00. The first-order valence-corrected chi connectivity index (χ1v) is 9.76. The Balaban J connectivity index is 2.87. The molecule has 0 unspecified atom stereocenters. The summed E-state index contributed by atoms with van der Waals surface area (Å²) in [6.07, 6.45) is 4.22. The average molecular weight is 331 g/mol. The van der Waals surface area contributed by atoms with Gasteiger partial charge in [0.15, 0.2) is 0 Å². The second-order valence-electron chi connectivity index (χ2n) is 5.64. The molecule has 0 radical (unpaired) electrons. The summed E-state index contributed by atoms with van der Waals surface area (Å²) < 4.78 is 22.5. The molecule has 0 aromatic heterocycles. The van der Waals surface area contributed by atoms with E-state index in [0.29, 0.717) is 12.8 Å². The predicted molar refractivity (Wildman–Crippen MR) is 72.9 cm³/mol. The normalized spacial score (nSPS) is 21.5. The number of hydrogen-bond acceptors (Lipinski definition) is 4. The van der Waals surface area contributed by atoms with Crippen LogP contribution in [0.1, 0.15) is 51.4 Å². The quantitative estimate of drug-likeness (QED) is 0.319. The van der Waals surface area contributed by atoms with Gasteiger partial charge in [0.1, 0.15) is 0 Å². The molecule has 0 saturated heterocycles. The van der Waals surface area contributed by atoms with Crippen molar-refractivity contribution in [1.29, 1.82) is 0 Å². The van der Waals surface area contributed by atoms with E-state index in [-0.39, 0.29) is 6.42 Å². The van der Waals surface area contributed by atoms with Gasteiger partial charge < -0.3 is 30.4 Å². The molecule has 0 aliphatic heterocycles. The van der Waals surface area contributed by atoms with Gasteiger partial charge >= 0.3 is 15.2 Å². The topological polar surface area (TPSA) is 161 Å². The largest absolute Gasteiger partial charge is 0.369 e. The number of hydrogen-bond donors (Lipinski definition) is 6. The maximum absolute atomic E-state index is 11.3. The van der Waals surface area contributed by atoms with Crippen LogP contribution in [0.5, 0.6) is 0 Å². The average Bonchev–Trinajstić information content (AvgIpc) is 2.48. The van der Waals surface area contributed by atoms with Crippen molar-refractivity contribution < 1.29 is 33.8 Å². The van der Waals surface area contributed by atoms with Crippen LogP contribution in [0, 0.1) is 0 Å². The summed E-state index contributed by atoms with van der Waals surface area (Å²) in [6.45, 7) is 0. The fourth-order valence-corrected chi connectivity index (χ4v) is 4.72. The molecule has 0 aromatic rings. The Labute approximate surface area is 117 Å². The first-order chi connectivity index (χ1) is 8.91. The van der Waals surface area contributed by atoms with E-state index < -0.39 is 32.2 Å². The Morgan fingerprint density at radius 2 is 1.35 bits per heavy atom. The fourth-order valence-electron chi connectivity index (χ4n) is 2.56. The van der Waals surface area contributed by atoms with Gasteiger partial charge in [-0.05, 0) is 19.3 Å². The van der Waals surface area contributed by atoms with E-state index >= 15 is 0 Å². The Kier molecular flexibility index (Phi) is 5.61. The summed E-state index contributed by atoms with van der Waals surface area (Å²) in [4.78, 5) is 36.3. The lowest BCUT2D eigenvalue weighted by atomic mass is 9.87. The summed E-state index contributed by atoms with van der Waals surface area (Å²) in [5.41, 5.74) is 5.39. The van der Waals surface area contributed by atoms with Crippen LogP contribution in [-0.2, 0) is 9.13 Å². The summed E-state index contributed by atoms with van der Waals surface area (Å²) in [7, 11) is -10.8. The van der Waals surface area contributed by atoms with Crippen molar-refractivity contribution in [3.8, 4) is 0 Å². The van der Waals surface area contributed by atoms with Gasteiger partial charge in [-0.3, -0.25) is 9.13 Å². The molecule has 10 heteroatoms. The molecule has 1 aliphatic rings. The maximum atomic E-state index is 11.3. The van der Waals surface area contributed by atoms with Gasteiger partial charge in [0.25, 0.3) is 5.08 Å². The minimum absolute atomic E-state index is 0.0419. The van der Waals surface area contributed by atoms with E-state index in [1.54, 1.807) is 0 Å². The number of nitrogens with two attached hydrogens (primary N) is 1. The Morgan fingerprint density at radius 3 is 1.70 bits per heavy atom. The Hall–Kier alpha value is 0.220. The molecule has 0 amide bonds. The van der Waals surface area contributed by atoms with Crippen LogP contribution >= 0.6 is 15.2 Å².